The summed E-state index contributed by atoms with van der Waals surface area (Å²) < 4.78 is 4.81. The molecule has 0 aliphatic rings. The molecule has 3 nitrogen and oxygen atoms in total. The van der Waals surface area contributed by atoms with Gasteiger partial charge in [0.2, 0.25) is 0 Å². The lowest BCUT2D eigenvalue weighted by molar-refractivity contribution is -0.449. The molecular formula is C30H36N3+. The number of imidazole rings is 1. The van der Waals surface area contributed by atoms with Crippen LogP contribution in [0.1, 0.15) is 58.2 Å². The molecular weight excluding hydrogens is 402 g/mol. The van der Waals surface area contributed by atoms with E-state index in [1.807, 2.05) is 6.20 Å². The van der Waals surface area contributed by atoms with Gasteiger partial charge in [-0.3, -0.25) is 4.98 Å². The molecule has 170 valence electrons. The van der Waals surface area contributed by atoms with Gasteiger partial charge in [0.25, 0.3) is 5.65 Å². The number of aromatic nitrogens is 3. The van der Waals surface area contributed by atoms with Crippen LogP contribution in [0.5, 0.6) is 0 Å². The van der Waals surface area contributed by atoms with Crippen molar-refractivity contribution in [3.8, 4) is 0 Å². The van der Waals surface area contributed by atoms with Crippen molar-refractivity contribution in [1.82, 2.24) is 9.55 Å². The van der Waals surface area contributed by atoms with Gasteiger partial charge in [-0.1, -0.05) is 53.7 Å². The summed E-state index contributed by atoms with van der Waals surface area (Å²) in [5.41, 5.74) is 10.6. The number of benzene rings is 2. The summed E-state index contributed by atoms with van der Waals surface area (Å²) in [6.07, 6.45) is 4.06. The molecule has 0 radical (unpaired) electrons. The highest BCUT2D eigenvalue weighted by Gasteiger charge is 2.26. The first kappa shape index (κ1) is 21.9. The molecule has 0 atom stereocenters. The molecule has 0 aliphatic carbocycles. The maximum atomic E-state index is 4.91. The summed E-state index contributed by atoms with van der Waals surface area (Å²) in [5, 5.41) is 2.48. The molecule has 0 saturated heterocycles. The number of aryl methyl sites for hydroxylation is 2. The van der Waals surface area contributed by atoms with Crippen LogP contribution in [-0.4, -0.2) is 9.55 Å². The largest absolute Gasteiger partial charge is 0.297 e. The van der Waals surface area contributed by atoms with Gasteiger partial charge in [-0.05, 0) is 77.6 Å². The maximum absolute atomic E-state index is 4.91. The van der Waals surface area contributed by atoms with Crippen LogP contribution >= 0.6 is 0 Å². The van der Waals surface area contributed by atoms with Crippen molar-refractivity contribution >= 4 is 38.5 Å². The van der Waals surface area contributed by atoms with E-state index in [4.69, 9.17) is 4.98 Å². The molecule has 3 heteroatoms. The van der Waals surface area contributed by atoms with Gasteiger partial charge in [-0.15, -0.1) is 0 Å². The minimum atomic E-state index is 0.243. The van der Waals surface area contributed by atoms with Crippen molar-refractivity contribution < 1.29 is 4.40 Å². The second-order valence-electron chi connectivity index (χ2n) is 12.2. The Kier molecular flexibility index (Phi) is 4.83. The predicted octanol–water partition coefficient (Wildman–Crippen LogP) is 7.10. The van der Waals surface area contributed by atoms with E-state index in [9.17, 15) is 0 Å². The van der Waals surface area contributed by atoms with Crippen molar-refractivity contribution in [2.75, 3.05) is 0 Å². The molecule has 0 unspecified atom stereocenters. The topological polar surface area (TPSA) is 21.9 Å². The summed E-state index contributed by atoms with van der Waals surface area (Å²) in [5.74, 6) is 0. The molecule has 0 N–H and O–H groups in total. The zero-order valence-corrected chi connectivity index (χ0v) is 21.4. The van der Waals surface area contributed by atoms with Crippen LogP contribution in [0.4, 0.5) is 0 Å². The Labute approximate surface area is 197 Å². The van der Waals surface area contributed by atoms with Crippen molar-refractivity contribution in [1.29, 1.82) is 0 Å². The molecule has 0 aliphatic heterocycles. The first-order valence-electron chi connectivity index (χ1n) is 12.1. The van der Waals surface area contributed by atoms with Gasteiger partial charge in [0.15, 0.2) is 11.0 Å². The second-order valence-corrected chi connectivity index (χ2v) is 12.2. The summed E-state index contributed by atoms with van der Waals surface area (Å²) in [6, 6.07) is 16.1. The summed E-state index contributed by atoms with van der Waals surface area (Å²) in [4.78, 5) is 4.91. The van der Waals surface area contributed by atoms with E-state index in [0.29, 0.717) is 0 Å². The fraction of sp³-hybridized carbons (Fsp3) is 0.400. The highest BCUT2D eigenvalue weighted by atomic mass is 15.1. The van der Waals surface area contributed by atoms with Crippen molar-refractivity contribution in [3.63, 3.8) is 0 Å². The smallest absolute Gasteiger partial charge is 0.255 e. The SMILES string of the molecule is Cc1ccnc2c3cc(CC(C)(C)C)ccc3[n+]3c4ccc(CC(C)(C)C)cc4n(C)c3c12. The van der Waals surface area contributed by atoms with Gasteiger partial charge in [0, 0.05) is 11.6 Å². The van der Waals surface area contributed by atoms with Gasteiger partial charge in [-0.25, -0.2) is 4.57 Å². The second kappa shape index (κ2) is 7.28. The van der Waals surface area contributed by atoms with Gasteiger partial charge < -0.3 is 0 Å². The Morgan fingerprint density at radius 2 is 1.42 bits per heavy atom. The third-order valence-electron chi connectivity index (χ3n) is 6.58. The van der Waals surface area contributed by atoms with Crippen LogP contribution in [0.3, 0.4) is 0 Å². The van der Waals surface area contributed by atoms with E-state index in [-0.39, 0.29) is 10.8 Å². The minimum absolute atomic E-state index is 0.243. The Balaban J connectivity index is 1.92. The molecule has 3 heterocycles. The lowest BCUT2D eigenvalue weighted by Gasteiger charge is -2.18. The molecule has 0 amide bonds. The lowest BCUT2D eigenvalue weighted by Crippen LogP contribution is -2.23. The quantitative estimate of drug-likeness (QED) is 0.213. The molecule has 0 fully saturated rings. The minimum Gasteiger partial charge on any atom is -0.255 e. The van der Waals surface area contributed by atoms with Gasteiger partial charge in [0.1, 0.15) is 5.52 Å². The van der Waals surface area contributed by atoms with Gasteiger partial charge >= 0.3 is 0 Å². The maximum Gasteiger partial charge on any atom is 0.297 e. The zero-order valence-electron chi connectivity index (χ0n) is 21.4. The van der Waals surface area contributed by atoms with Crippen LogP contribution in [0.15, 0.2) is 48.7 Å². The Morgan fingerprint density at radius 3 is 2.06 bits per heavy atom. The number of hydrogen-bond donors (Lipinski definition) is 0. The highest BCUT2D eigenvalue weighted by Crippen LogP contribution is 2.32. The van der Waals surface area contributed by atoms with E-state index < -0.39 is 0 Å². The van der Waals surface area contributed by atoms with Crippen LogP contribution in [0.25, 0.3) is 38.5 Å². The van der Waals surface area contributed by atoms with Crippen molar-refractivity contribution in [2.24, 2.45) is 17.9 Å². The number of nitrogens with zero attached hydrogens (tertiary/aromatic N) is 3. The Morgan fingerprint density at radius 1 is 0.818 bits per heavy atom. The zero-order chi connectivity index (χ0) is 23.7. The van der Waals surface area contributed by atoms with E-state index >= 15 is 0 Å². The number of rotatable bonds is 2. The molecule has 33 heavy (non-hydrogen) atoms. The van der Waals surface area contributed by atoms with E-state index in [0.717, 1.165) is 18.4 Å². The van der Waals surface area contributed by atoms with E-state index in [1.54, 1.807) is 0 Å². The van der Waals surface area contributed by atoms with Crippen LogP contribution < -0.4 is 4.40 Å². The molecule has 0 spiro atoms. The van der Waals surface area contributed by atoms with Gasteiger partial charge in [-0.2, -0.15) is 4.40 Å². The number of hydrogen-bond acceptors (Lipinski definition) is 1. The summed E-state index contributed by atoms with van der Waals surface area (Å²) >= 11 is 0. The predicted molar refractivity (Wildman–Crippen MR) is 140 cm³/mol. The normalized spacial score (nSPS) is 13.1. The number of fused-ring (bicyclic) bond motifs is 8. The molecule has 0 bridgehead atoms. The Hall–Kier alpha value is -2.94. The van der Waals surface area contributed by atoms with E-state index in [1.165, 1.54) is 49.7 Å². The summed E-state index contributed by atoms with van der Waals surface area (Å²) in [7, 11) is 2.20. The third-order valence-corrected chi connectivity index (χ3v) is 6.58. The van der Waals surface area contributed by atoms with Gasteiger partial charge in [0.05, 0.1) is 18.0 Å². The highest BCUT2D eigenvalue weighted by molar-refractivity contribution is 6.09. The lowest BCUT2D eigenvalue weighted by atomic mass is 9.87. The fourth-order valence-electron chi connectivity index (χ4n) is 5.39. The average Bonchev–Trinajstić information content (AvgIpc) is 2.98. The monoisotopic (exact) mass is 438 g/mol. The summed E-state index contributed by atoms with van der Waals surface area (Å²) in [6.45, 7) is 16.0. The van der Waals surface area contributed by atoms with Crippen LogP contribution in [-0.2, 0) is 19.9 Å². The standard InChI is InChI=1S/C30H36N3/c1-19-13-14-31-27-22-15-20(17-29(2,3)4)9-11-23(22)33-24-12-10-21(18-30(5,6)7)16-25(24)32(8)28(33)26(19)27/h9-16H,17-18H2,1-8H3/q+1. The Bertz CT molecular complexity index is 1540. The average molecular weight is 439 g/mol. The third kappa shape index (κ3) is 3.78. The fourth-order valence-corrected chi connectivity index (χ4v) is 5.39. The van der Waals surface area contributed by atoms with Crippen molar-refractivity contribution in [2.45, 2.75) is 61.3 Å². The molecule has 3 aromatic heterocycles. The first-order chi connectivity index (χ1) is 15.4. The first-order valence-corrected chi connectivity index (χ1v) is 12.1. The van der Waals surface area contributed by atoms with E-state index in [2.05, 4.69) is 107 Å². The molecule has 5 aromatic rings. The van der Waals surface area contributed by atoms with Crippen LogP contribution in [0.2, 0.25) is 0 Å². The van der Waals surface area contributed by atoms with Crippen LogP contribution in [0, 0.1) is 17.8 Å². The molecule has 5 rings (SSSR count). The molecule has 2 aromatic carbocycles. The molecule has 0 saturated carbocycles. The van der Waals surface area contributed by atoms with Crippen molar-refractivity contribution in [3.05, 3.63) is 65.4 Å². The number of pyridine rings is 2.